The molecule has 112 valence electrons. The van der Waals surface area contributed by atoms with Gasteiger partial charge in [0.25, 0.3) is 0 Å². The molecule has 0 spiro atoms. The topological polar surface area (TPSA) is 33.7 Å². The highest BCUT2D eigenvalue weighted by molar-refractivity contribution is 5.53. The van der Waals surface area contributed by atoms with E-state index in [0.717, 1.165) is 58.0 Å². The standard InChI is InChI=1S/C16H26N2O2/c1-14-13-15(18-9-7-17-8-10-18)5-6-16(14)20-12-4-3-11-19-2/h5-6,13,17H,3-4,7-12H2,1-2H3. The van der Waals surface area contributed by atoms with E-state index < -0.39 is 0 Å². The number of hydrogen-bond acceptors (Lipinski definition) is 4. The monoisotopic (exact) mass is 278 g/mol. The molecule has 1 aromatic carbocycles. The van der Waals surface area contributed by atoms with Crippen molar-refractivity contribution in [1.82, 2.24) is 5.32 Å². The van der Waals surface area contributed by atoms with Crippen molar-refractivity contribution in [2.24, 2.45) is 0 Å². The zero-order valence-corrected chi connectivity index (χ0v) is 12.7. The molecule has 1 N–H and O–H groups in total. The number of nitrogens with one attached hydrogen (secondary N) is 1. The lowest BCUT2D eigenvalue weighted by Gasteiger charge is -2.29. The Morgan fingerprint density at radius 3 is 2.60 bits per heavy atom. The van der Waals surface area contributed by atoms with Crippen LogP contribution in [0.4, 0.5) is 5.69 Å². The Balaban J connectivity index is 1.85. The van der Waals surface area contributed by atoms with E-state index in [1.165, 1.54) is 11.3 Å². The van der Waals surface area contributed by atoms with Crippen LogP contribution in [0.5, 0.6) is 5.75 Å². The molecular formula is C16H26N2O2. The largest absolute Gasteiger partial charge is 0.493 e. The van der Waals surface area contributed by atoms with Crippen LogP contribution in [0.15, 0.2) is 18.2 Å². The van der Waals surface area contributed by atoms with Gasteiger partial charge in [0.1, 0.15) is 5.75 Å². The van der Waals surface area contributed by atoms with Gasteiger partial charge in [-0.05, 0) is 43.5 Å². The number of methoxy groups -OCH3 is 1. The van der Waals surface area contributed by atoms with E-state index in [2.05, 4.69) is 35.3 Å². The number of unbranched alkanes of at least 4 members (excludes halogenated alkanes) is 1. The maximum absolute atomic E-state index is 5.84. The summed E-state index contributed by atoms with van der Waals surface area (Å²) in [5.74, 6) is 1.00. The summed E-state index contributed by atoms with van der Waals surface area (Å²) in [6.45, 7) is 7.98. The molecule has 0 atom stereocenters. The van der Waals surface area contributed by atoms with E-state index in [9.17, 15) is 0 Å². The van der Waals surface area contributed by atoms with Crippen molar-refractivity contribution in [3.8, 4) is 5.75 Å². The van der Waals surface area contributed by atoms with Crippen molar-refractivity contribution in [1.29, 1.82) is 0 Å². The summed E-state index contributed by atoms with van der Waals surface area (Å²) in [5, 5.41) is 3.38. The van der Waals surface area contributed by atoms with Crippen LogP contribution in [0.3, 0.4) is 0 Å². The summed E-state index contributed by atoms with van der Waals surface area (Å²) in [5.41, 5.74) is 2.52. The van der Waals surface area contributed by atoms with Gasteiger partial charge in [0.05, 0.1) is 6.61 Å². The average molecular weight is 278 g/mol. The van der Waals surface area contributed by atoms with Gasteiger partial charge in [0.2, 0.25) is 0 Å². The predicted octanol–water partition coefficient (Wildman–Crippen LogP) is 2.21. The van der Waals surface area contributed by atoms with E-state index in [4.69, 9.17) is 9.47 Å². The normalized spacial score (nSPS) is 15.4. The first-order valence-electron chi connectivity index (χ1n) is 7.49. The minimum atomic E-state index is 0.761. The van der Waals surface area contributed by atoms with E-state index in [-0.39, 0.29) is 0 Å². The van der Waals surface area contributed by atoms with Crippen molar-refractivity contribution in [3.63, 3.8) is 0 Å². The van der Waals surface area contributed by atoms with Crippen molar-refractivity contribution >= 4 is 5.69 Å². The van der Waals surface area contributed by atoms with E-state index in [1.54, 1.807) is 7.11 Å². The SMILES string of the molecule is COCCCCOc1ccc(N2CCNCC2)cc1C. The Morgan fingerprint density at radius 1 is 1.15 bits per heavy atom. The molecule has 4 nitrogen and oxygen atoms in total. The van der Waals surface area contributed by atoms with Gasteiger partial charge in [-0.25, -0.2) is 0 Å². The molecule has 0 aromatic heterocycles. The fourth-order valence-corrected chi connectivity index (χ4v) is 2.45. The average Bonchev–Trinajstić information content (AvgIpc) is 2.49. The van der Waals surface area contributed by atoms with E-state index >= 15 is 0 Å². The van der Waals surface area contributed by atoms with Crippen molar-refractivity contribution in [3.05, 3.63) is 23.8 Å². The first-order valence-corrected chi connectivity index (χ1v) is 7.49. The number of aryl methyl sites for hydroxylation is 1. The third-order valence-corrected chi connectivity index (χ3v) is 3.64. The second-order valence-electron chi connectivity index (χ2n) is 5.24. The number of piperazine rings is 1. The van der Waals surface area contributed by atoms with Gasteiger partial charge < -0.3 is 19.7 Å². The fourth-order valence-electron chi connectivity index (χ4n) is 2.45. The number of hydrogen-bond donors (Lipinski definition) is 1. The second-order valence-corrected chi connectivity index (χ2v) is 5.24. The van der Waals surface area contributed by atoms with Gasteiger partial charge in [-0.1, -0.05) is 0 Å². The quantitative estimate of drug-likeness (QED) is 0.775. The fraction of sp³-hybridized carbons (Fsp3) is 0.625. The van der Waals surface area contributed by atoms with Crippen LogP contribution in [-0.4, -0.2) is 46.5 Å². The molecular weight excluding hydrogens is 252 g/mol. The number of rotatable bonds is 7. The van der Waals surface area contributed by atoms with Crippen LogP contribution in [0.25, 0.3) is 0 Å². The Labute approximate surface area is 122 Å². The Morgan fingerprint density at radius 2 is 1.90 bits per heavy atom. The third kappa shape index (κ3) is 4.39. The van der Waals surface area contributed by atoms with Crippen LogP contribution in [0, 0.1) is 6.92 Å². The van der Waals surface area contributed by atoms with Crippen LogP contribution < -0.4 is 15.0 Å². The molecule has 20 heavy (non-hydrogen) atoms. The lowest BCUT2D eigenvalue weighted by atomic mass is 10.1. The molecule has 4 heteroatoms. The Kier molecular flexibility index (Phi) is 6.15. The maximum Gasteiger partial charge on any atom is 0.122 e. The molecule has 0 saturated carbocycles. The zero-order valence-electron chi connectivity index (χ0n) is 12.7. The molecule has 1 aliphatic heterocycles. The highest BCUT2D eigenvalue weighted by atomic mass is 16.5. The van der Waals surface area contributed by atoms with Crippen LogP contribution in [0.2, 0.25) is 0 Å². The number of benzene rings is 1. The lowest BCUT2D eigenvalue weighted by Crippen LogP contribution is -2.43. The van der Waals surface area contributed by atoms with E-state index in [1.807, 2.05) is 0 Å². The molecule has 1 fully saturated rings. The number of nitrogens with zero attached hydrogens (tertiary/aromatic N) is 1. The van der Waals surface area contributed by atoms with Gasteiger partial charge in [0.15, 0.2) is 0 Å². The molecule has 0 amide bonds. The van der Waals surface area contributed by atoms with Crippen molar-refractivity contribution in [2.45, 2.75) is 19.8 Å². The molecule has 0 unspecified atom stereocenters. The van der Waals surface area contributed by atoms with Gasteiger partial charge in [-0.3, -0.25) is 0 Å². The molecule has 2 rings (SSSR count). The summed E-state index contributed by atoms with van der Waals surface area (Å²) in [4.78, 5) is 2.42. The summed E-state index contributed by atoms with van der Waals surface area (Å²) < 4.78 is 10.9. The minimum absolute atomic E-state index is 0.761. The van der Waals surface area contributed by atoms with Gasteiger partial charge in [-0.15, -0.1) is 0 Å². The summed E-state index contributed by atoms with van der Waals surface area (Å²) >= 11 is 0. The van der Waals surface area contributed by atoms with Crippen LogP contribution >= 0.6 is 0 Å². The van der Waals surface area contributed by atoms with Gasteiger partial charge >= 0.3 is 0 Å². The van der Waals surface area contributed by atoms with Crippen LogP contribution in [-0.2, 0) is 4.74 Å². The Bertz CT molecular complexity index is 403. The molecule has 1 saturated heterocycles. The molecule has 1 aliphatic rings. The number of anilines is 1. The Hall–Kier alpha value is -1.26. The number of ether oxygens (including phenoxy) is 2. The third-order valence-electron chi connectivity index (χ3n) is 3.64. The van der Waals surface area contributed by atoms with Crippen molar-refractivity contribution in [2.75, 3.05) is 51.4 Å². The summed E-state index contributed by atoms with van der Waals surface area (Å²) in [6.07, 6.45) is 2.08. The molecule has 1 heterocycles. The first-order chi connectivity index (χ1) is 9.81. The second kappa shape index (κ2) is 8.12. The van der Waals surface area contributed by atoms with Gasteiger partial charge in [0, 0.05) is 45.6 Å². The molecule has 0 radical (unpaired) electrons. The zero-order chi connectivity index (χ0) is 14.2. The molecule has 0 bridgehead atoms. The predicted molar refractivity (Wildman–Crippen MR) is 82.9 cm³/mol. The van der Waals surface area contributed by atoms with E-state index in [0.29, 0.717) is 0 Å². The highest BCUT2D eigenvalue weighted by Gasteiger charge is 2.11. The summed E-state index contributed by atoms with van der Waals surface area (Å²) in [6, 6.07) is 6.50. The smallest absolute Gasteiger partial charge is 0.122 e. The molecule has 1 aromatic rings. The minimum Gasteiger partial charge on any atom is -0.493 e. The van der Waals surface area contributed by atoms with Crippen molar-refractivity contribution < 1.29 is 9.47 Å². The first kappa shape index (κ1) is 15.1. The van der Waals surface area contributed by atoms with Gasteiger partial charge in [-0.2, -0.15) is 0 Å². The molecule has 0 aliphatic carbocycles. The summed E-state index contributed by atoms with van der Waals surface area (Å²) in [7, 11) is 1.74. The van der Waals surface area contributed by atoms with Crippen LogP contribution in [0.1, 0.15) is 18.4 Å². The highest BCUT2D eigenvalue weighted by Crippen LogP contribution is 2.25. The lowest BCUT2D eigenvalue weighted by molar-refractivity contribution is 0.184. The maximum atomic E-state index is 5.84.